The van der Waals surface area contributed by atoms with Crippen molar-refractivity contribution < 1.29 is 0 Å². The molecule has 0 amide bonds. The second-order valence-electron chi connectivity index (χ2n) is 3.71. The number of pyridine rings is 1. The molecular formula is C13H11N3S2. The summed E-state index contributed by atoms with van der Waals surface area (Å²) in [6, 6.07) is 8.05. The molecule has 5 heteroatoms. The van der Waals surface area contributed by atoms with E-state index in [4.69, 9.17) is 10.7 Å². The molecular weight excluding hydrogens is 262 g/mol. The topological polar surface area (TPSA) is 51.8 Å². The van der Waals surface area contributed by atoms with Gasteiger partial charge in [0, 0.05) is 29.4 Å². The van der Waals surface area contributed by atoms with Gasteiger partial charge in [0.25, 0.3) is 0 Å². The summed E-state index contributed by atoms with van der Waals surface area (Å²) in [5, 5.41) is 3.06. The molecule has 3 rings (SSSR count). The lowest BCUT2D eigenvalue weighted by atomic mass is 10.3. The molecule has 0 fully saturated rings. The molecule has 0 radical (unpaired) electrons. The molecule has 0 atom stereocenters. The first kappa shape index (κ1) is 11.5. The summed E-state index contributed by atoms with van der Waals surface area (Å²) in [4.78, 5) is 11.0. The Bertz CT molecular complexity index is 630. The number of hydrogen-bond donors (Lipinski definition) is 1. The number of nitrogens with zero attached hydrogens (tertiary/aromatic N) is 2. The Hall–Kier alpha value is -1.56. The first-order chi connectivity index (χ1) is 8.88. The highest BCUT2D eigenvalue weighted by molar-refractivity contribution is 7.17. The minimum absolute atomic E-state index is 0.524. The highest BCUT2D eigenvalue weighted by Crippen LogP contribution is 2.35. The first-order valence-electron chi connectivity index (χ1n) is 5.52. The number of nitrogens with two attached hydrogens (primary N) is 1. The minimum Gasteiger partial charge on any atom is -0.326 e. The van der Waals surface area contributed by atoms with Gasteiger partial charge in [0.15, 0.2) is 0 Å². The van der Waals surface area contributed by atoms with Crippen molar-refractivity contribution in [3.63, 3.8) is 0 Å². The fraction of sp³-hybridized carbons (Fsp3) is 0.0769. The van der Waals surface area contributed by atoms with Gasteiger partial charge in [-0.1, -0.05) is 6.07 Å². The molecule has 0 aromatic carbocycles. The molecule has 0 saturated heterocycles. The van der Waals surface area contributed by atoms with Crippen LogP contribution in [0.4, 0.5) is 0 Å². The predicted octanol–water partition coefficient (Wildman–Crippen LogP) is 3.39. The van der Waals surface area contributed by atoms with Gasteiger partial charge < -0.3 is 5.73 Å². The molecule has 90 valence electrons. The molecule has 0 spiro atoms. The van der Waals surface area contributed by atoms with Crippen LogP contribution in [0.25, 0.3) is 21.1 Å². The third-order valence-corrected chi connectivity index (χ3v) is 4.57. The van der Waals surface area contributed by atoms with Crippen molar-refractivity contribution in [3.05, 3.63) is 46.9 Å². The van der Waals surface area contributed by atoms with Crippen LogP contribution in [0.3, 0.4) is 0 Å². The average molecular weight is 273 g/mol. The van der Waals surface area contributed by atoms with Crippen LogP contribution in [0.2, 0.25) is 0 Å². The van der Waals surface area contributed by atoms with Gasteiger partial charge in [-0.3, -0.25) is 4.98 Å². The van der Waals surface area contributed by atoms with Crippen molar-refractivity contribution in [1.29, 1.82) is 0 Å². The van der Waals surface area contributed by atoms with Crippen molar-refractivity contribution in [2.24, 2.45) is 5.73 Å². The van der Waals surface area contributed by atoms with Crippen LogP contribution < -0.4 is 5.73 Å². The Kier molecular flexibility index (Phi) is 3.19. The standard InChI is InChI=1S/C13H11N3S2/c14-8-11-12(10-2-1-7-17-10)16-13(18-11)9-3-5-15-6-4-9/h1-7H,8,14H2. The van der Waals surface area contributed by atoms with Crippen LogP contribution in [0, 0.1) is 0 Å². The number of thiophene rings is 1. The van der Waals surface area contributed by atoms with E-state index in [1.165, 1.54) is 4.88 Å². The van der Waals surface area contributed by atoms with Crippen LogP contribution in [0.15, 0.2) is 42.0 Å². The Morgan fingerprint density at radius 2 is 2.00 bits per heavy atom. The van der Waals surface area contributed by atoms with Crippen molar-refractivity contribution >= 4 is 22.7 Å². The van der Waals surface area contributed by atoms with Gasteiger partial charge in [0.1, 0.15) is 5.01 Å². The highest BCUT2D eigenvalue weighted by Gasteiger charge is 2.13. The van der Waals surface area contributed by atoms with E-state index in [1.807, 2.05) is 18.2 Å². The summed E-state index contributed by atoms with van der Waals surface area (Å²) in [5.74, 6) is 0. The summed E-state index contributed by atoms with van der Waals surface area (Å²) in [7, 11) is 0. The summed E-state index contributed by atoms with van der Waals surface area (Å²) in [6.07, 6.45) is 3.56. The SMILES string of the molecule is NCc1sc(-c2ccncc2)nc1-c1cccs1. The van der Waals surface area contributed by atoms with E-state index in [0.717, 1.165) is 21.1 Å². The molecule has 3 nitrogen and oxygen atoms in total. The van der Waals surface area contributed by atoms with E-state index in [2.05, 4.69) is 16.4 Å². The van der Waals surface area contributed by atoms with E-state index < -0.39 is 0 Å². The summed E-state index contributed by atoms with van der Waals surface area (Å²) in [5.41, 5.74) is 7.92. The molecule has 0 aliphatic carbocycles. The summed E-state index contributed by atoms with van der Waals surface area (Å²) in [6.45, 7) is 0.524. The van der Waals surface area contributed by atoms with Gasteiger partial charge >= 0.3 is 0 Å². The molecule has 3 heterocycles. The van der Waals surface area contributed by atoms with Crippen molar-refractivity contribution in [3.8, 4) is 21.1 Å². The van der Waals surface area contributed by atoms with Crippen LogP contribution in [0.5, 0.6) is 0 Å². The molecule has 3 aromatic heterocycles. The lowest BCUT2D eigenvalue weighted by Crippen LogP contribution is -1.94. The monoisotopic (exact) mass is 273 g/mol. The third-order valence-electron chi connectivity index (χ3n) is 2.56. The highest BCUT2D eigenvalue weighted by atomic mass is 32.1. The average Bonchev–Trinajstić information content (AvgIpc) is 3.08. The van der Waals surface area contributed by atoms with Gasteiger partial charge in [-0.25, -0.2) is 4.98 Å². The maximum Gasteiger partial charge on any atom is 0.124 e. The van der Waals surface area contributed by atoms with E-state index in [9.17, 15) is 0 Å². The largest absolute Gasteiger partial charge is 0.326 e. The number of aromatic nitrogens is 2. The molecule has 0 aliphatic rings. The smallest absolute Gasteiger partial charge is 0.124 e. The molecule has 0 aliphatic heterocycles. The number of hydrogen-bond acceptors (Lipinski definition) is 5. The Balaban J connectivity index is 2.09. The first-order valence-corrected chi connectivity index (χ1v) is 7.22. The normalized spacial score (nSPS) is 10.7. The quantitative estimate of drug-likeness (QED) is 0.795. The zero-order valence-electron chi connectivity index (χ0n) is 9.54. The molecule has 3 aromatic rings. The van der Waals surface area contributed by atoms with Gasteiger partial charge in [0.2, 0.25) is 0 Å². The lowest BCUT2D eigenvalue weighted by molar-refractivity contribution is 1.10. The Labute approximate surface area is 113 Å². The fourth-order valence-corrected chi connectivity index (χ4v) is 3.48. The number of rotatable bonds is 3. The number of thiazole rings is 1. The minimum atomic E-state index is 0.524. The third kappa shape index (κ3) is 2.08. The Morgan fingerprint density at radius 3 is 2.67 bits per heavy atom. The van der Waals surface area contributed by atoms with Gasteiger partial charge in [0.05, 0.1) is 10.6 Å². The maximum absolute atomic E-state index is 5.81. The van der Waals surface area contributed by atoms with E-state index in [-0.39, 0.29) is 0 Å². The second-order valence-corrected chi connectivity index (χ2v) is 5.74. The van der Waals surface area contributed by atoms with Crippen LogP contribution in [-0.4, -0.2) is 9.97 Å². The van der Waals surface area contributed by atoms with Gasteiger partial charge in [-0.15, -0.1) is 22.7 Å². The fourth-order valence-electron chi connectivity index (χ4n) is 1.71. The molecule has 0 bridgehead atoms. The molecule has 0 saturated carbocycles. The molecule has 2 N–H and O–H groups in total. The van der Waals surface area contributed by atoms with E-state index >= 15 is 0 Å². The predicted molar refractivity (Wildman–Crippen MR) is 76.5 cm³/mol. The van der Waals surface area contributed by atoms with Crippen LogP contribution >= 0.6 is 22.7 Å². The van der Waals surface area contributed by atoms with Crippen LogP contribution in [-0.2, 0) is 6.54 Å². The van der Waals surface area contributed by atoms with Crippen molar-refractivity contribution in [2.75, 3.05) is 0 Å². The Morgan fingerprint density at radius 1 is 1.17 bits per heavy atom. The second kappa shape index (κ2) is 4.97. The van der Waals surface area contributed by atoms with Crippen molar-refractivity contribution in [2.45, 2.75) is 6.54 Å². The molecule has 0 unspecified atom stereocenters. The van der Waals surface area contributed by atoms with Gasteiger partial charge in [-0.2, -0.15) is 0 Å². The lowest BCUT2D eigenvalue weighted by Gasteiger charge is -1.94. The zero-order valence-corrected chi connectivity index (χ0v) is 11.2. The van der Waals surface area contributed by atoms with E-state index in [1.54, 1.807) is 35.1 Å². The van der Waals surface area contributed by atoms with Crippen molar-refractivity contribution in [1.82, 2.24) is 9.97 Å². The zero-order chi connectivity index (χ0) is 12.4. The summed E-state index contributed by atoms with van der Waals surface area (Å²) < 4.78 is 0. The van der Waals surface area contributed by atoms with Gasteiger partial charge in [-0.05, 0) is 23.6 Å². The summed E-state index contributed by atoms with van der Waals surface area (Å²) >= 11 is 3.34. The maximum atomic E-state index is 5.81. The van der Waals surface area contributed by atoms with E-state index in [0.29, 0.717) is 6.54 Å². The van der Waals surface area contributed by atoms with Crippen LogP contribution in [0.1, 0.15) is 4.88 Å². The molecule has 18 heavy (non-hydrogen) atoms.